The van der Waals surface area contributed by atoms with Crippen LogP contribution in [0.3, 0.4) is 0 Å². The molecule has 0 bridgehead atoms. The highest BCUT2D eigenvalue weighted by Crippen LogP contribution is 2.46. The van der Waals surface area contributed by atoms with E-state index in [-0.39, 0.29) is 0 Å². The minimum Gasteiger partial charge on any atom is -0.338 e. The average molecular weight is 249 g/mol. The lowest BCUT2D eigenvalue weighted by Crippen LogP contribution is -2.37. The van der Waals surface area contributed by atoms with Crippen molar-refractivity contribution in [2.45, 2.75) is 52.4 Å². The van der Waals surface area contributed by atoms with Gasteiger partial charge in [0.25, 0.3) is 0 Å². The van der Waals surface area contributed by atoms with Crippen molar-refractivity contribution in [3.63, 3.8) is 0 Å². The molecule has 0 atom stereocenters. The molecule has 3 heteroatoms. The number of aryl methyl sites for hydroxylation is 2. The first-order valence-corrected chi connectivity index (χ1v) is 7.13. The molecular weight excluding hydrogens is 222 g/mol. The second-order valence-corrected chi connectivity index (χ2v) is 6.82. The SMILES string of the molecule is Cn1ccnc1CCC1(CN)CCC(C)(C)CC1. The van der Waals surface area contributed by atoms with Gasteiger partial charge in [0.2, 0.25) is 0 Å². The van der Waals surface area contributed by atoms with Gasteiger partial charge in [-0.15, -0.1) is 0 Å². The second-order valence-electron chi connectivity index (χ2n) is 6.82. The van der Waals surface area contributed by atoms with Crippen LogP contribution < -0.4 is 5.73 Å². The molecule has 0 aliphatic heterocycles. The summed E-state index contributed by atoms with van der Waals surface area (Å²) >= 11 is 0. The van der Waals surface area contributed by atoms with Crippen LogP contribution in [0.1, 0.15) is 51.8 Å². The molecule has 1 fully saturated rings. The van der Waals surface area contributed by atoms with Crippen LogP contribution in [-0.2, 0) is 13.5 Å². The summed E-state index contributed by atoms with van der Waals surface area (Å²) in [6, 6.07) is 0. The Labute approximate surface area is 111 Å². The lowest BCUT2D eigenvalue weighted by Gasteiger charge is -2.43. The second kappa shape index (κ2) is 5.04. The molecule has 3 nitrogen and oxygen atoms in total. The smallest absolute Gasteiger partial charge is 0.108 e. The quantitative estimate of drug-likeness (QED) is 0.891. The molecule has 0 unspecified atom stereocenters. The summed E-state index contributed by atoms with van der Waals surface area (Å²) in [5, 5.41) is 0. The Kier molecular flexibility index (Phi) is 3.81. The van der Waals surface area contributed by atoms with Crippen LogP contribution in [0.2, 0.25) is 0 Å². The minimum atomic E-state index is 0.363. The molecule has 0 spiro atoms. The van der Waals surface area contributed by atoms with Crippen molar-refractivity contribution in [1.29, 1.82) is 0 Å². The number of hydrogen-bond acceptors (Lipinski definition) is 2. The minimum absolute atomic E-state index is 0.363. The number of imidazole rings is 1. The van der Waals surface area contributed by atoms with Crippen molar-refractivity contribution in [3.8, 4) is 0 Å². The molecule has 0 saturated heterocycles. The molecule has 2 N–H and O–H groups in total. The van der Waals surface area contributed by atoms with Gasteiger partial charge in [0.05, 0.1) is 0 Å². The van der Waals surface area contributed by atoms with Crippen LogP contribution in [0.15, 0.2) is 12.4 Å². The predicted octanol–water partition coefficient (Wildman–Crippen LogP) is 2.90. The van der Waals surface area contributed by atoms with E-state index in [0.717, 1.165) is 13.0 Å². The fourth-order valence-electron chi connectivity index (χ4n) is 3.03. The maximum atomic E-state index is 6.08. The summed E-state index contributed by atoms with van der Waals surface area (Å²) in [6.45, 7) is 5.59. The number of hydrogen-bond donors (Lipinski definition) is 1. The zero-order valence-electron chi connectivity index (χ0n) is 12.1. The maximum absolute atomic E-state index is 6.08. The monoisotopic (exact) mass is 249 g/mol. The largest absolute Gasteiger partial charge is 0.338 e. The van der Waals surface area contributed by atoms with E-state index < -0.39 is 0 Å². The summed E-state index contributed by atoms with van der Waals surface area (Å²) in [5.41, 5.74) is 6.96. The first kappa shape index (κ1) is 13.6. The van der Waals surface area contributed by atoms with Crippen LogP contribution in [0.25, 0.3) is 0 Å². The molecule has 2 rings (SSSR count). The first-order chi connectivity index (χ1) is 8.46. The van der Waals surface area contributed by atoms with E-state index in [4.69, 9.17) is 5.73 Å². The van der Waals surface area contributed by atoms with Gasteiger partial charge in [-0.2, -0.15) is 0 Å². The Morgan fingerprint density at radius 2 is 1.94 bits per heavy atom. The van der Waals surface area contributed by atoms with Crippen molar-refractivity contribution in [2.24, 2.45) is 23.6 Å². The summed E-state index contributed by atoms with van der Waals surface area (Å²) < 4.78 is 2.12. The highest BCUT2D eigenvalue weighted by atomic mass is 15.0. The first-order valence-electron chi connectivity index (χ1n) is 7.13. The average Bonchev–Trinajstić information content (AvgIpc) is 2.75. The van der Waals surface area contributed by atoms with Gasteiger partial charge in [0.15, 0.2) is 0 Å². The zero-order chi connectivity index (χ0) is 13.2. The van der Waals surface area contributed by atoms with Gasteiger partial charge in [0.1, 0.15) is 5.82 Å². The predicted molar refractivity (Wildman–Crippen MR) is 75.3 cm³/mol. The fraction of sp³-hybridized carbons (Fsp3) is 0.800. The van der Waals surface area contributed by atoms with E-state index in [1.165, 1.54) is 37.9 Å². The highest BCUT2D eigenvalue weighted by Gasteiger charge is 2.37. The number of aromatic nitrogens is 2. The molecule has 1 aromatic heterocycles. The van der Waals surface area contributed by atoms with Gasteiger partial charge in [-0.1, -0.05) is 13.8 Å². The molecular formula is C15H27N3. The third-order valence-corrected chi connectivity index (χ3v) is 4.90. The molecule has 1 heterocycles. The van der Waals surface area contributed by atoms with Crippen molar-refractivity contribution in [3.05, 3.63) is 18.2 Å². The van der Waals surface area contributed by atoms with Crippen LogP contribution >= 0.6 is 0 Å². The van der Waals surface area contributed by atoms with Gasteiger partial charge >= 0.3 is 0 Å². The molecule has 1 saturated carbocycles. The number of rotatable bonds is 4. The van der Waals surface area contributed by atoms with E-state index in [1.54, 1.807) is 0 Å². The maximum Gasteiger partial charge on any atom is 0.108 e. The van der Waals surface area contributed by atoms with E-state index in [2.05, 4.69) is 30.4 Å². The third-order valence-electron chi connectivity index (χ3n) is 4.90. The molecule has 18 heavy (non-hydrogen) atoms. The van der Waals surface area contributed by atoms with Crippen molar-refractivity contribution in [2.75, 3.05) is 6.54 Å². The molecule has 0 radical (unpaired) electrons. The molecule has 1 aliphatic carbocycles. The highest BCUT2D eigenvalue weighted by molar-refractivity contribution is 4.96. The summed E-state index contributed by atoms with van der Waals surface area (Å²) in [7, 11) is 2.07. The summed E-state index contributed by atoms with van der Waals surface area (Å²) in [4.78, 5) is 4.42. The Morgan fingerprint density at radius 3 is 2.44 bits per heavy atom. The number of nitrogens with two attached hydrogens (primary N) is 1. The third kappa shape index (κ3) is 2.94. The lowest BCUT2D eigenvalue weighted by molar-refractivity contribution is 0.0990. The van der Waals surface area contributed by atoms with Crippen LogP contribution in [0.4, 0.5) is 0 Å². The summed E-state index contributed by atoms with van der Waals surface area (Å²) in [6.07, 6.45) is 11.3. The molecule has 0 aromatic carbocycles. The molecule has 102 valence electrons. The lowest BCUT2D eigenvalue weighted by atomic mass is 9.63. The molecule has 1 aliphatic rings. The Hall–Kier alpha value is -0.830. The van der Waals surface area contributed by atoms with Gasteiger partial charge in [-0.05, 0) is 49.5 Å². The van der Waals surface area contributed by atoms with E-state index in [1.807, 2.05) is 12.4 Å². The van der Waals surface area contributed by atoms with Crippen molar-refractivity contribution in [1.82, 2.24) is 9.55 Å². The van der Waals surface area contributed by atoms with Gasteiger partial charge < -0.3 is 10.3 Å². The standard InChI is InChI=1S/C15H27N3/c1-14(2)6-8-15(12-16,9-7-14)5-4-13-17-10-11-18(13)3/h10-11H,4-9,12,16H2,1-3H3. The van der Waals surface area contributed by atoms with Crippen molar-refractivity contribution < 1.29 is 0 Å². The summed E-state index contributed by atoms with van der Waals surface area (Å²) in [5.74, 6) is 1.19. The van der Waals surface area contributed by atoms with E-state index in [9.17, 15) is 0 Å². The van der Waals surface area contributed by atoms with E-state index in [0.29, 0.717) is 10.8 Å². The fourth-order valence-corrected chi connectivity index (χ4v) is 3.03. The zero-order valence-corrected chi connectivity index (χ0v) is 12.1. The van der Waals surface area contributed by atoms with Gasteiger partial charge in [-0.25, -0.2) is 4.98 Å². The molecule has 1 aromatic rings. The normalized spacial score (nSPS) is 22.0. The van der Waals surface area contributed by atoms with Gasteiger partial charge in [0, 0.05) is 25.9 Å². The number of nitrogens with zero attached hydrogens (tertiary/aromatic N) is 2. The Bertz CT molecular complexity index is 382. The Balaban J connectivity index is 1.96. The van der Waals surface area contributed by atoms with Crippen LogP contribution in [-0.4, -0.2) is 16.1 Å². The van der Waals surface area contributed by atoms with Crippen LogP contribution in [0, 0.1) is 10.8 Å². The van der Waals surface area contributed by atoms with Crippen LogP contribution in [0.5, 0.6) is 0 Å². The van der Waals surface area contributed by atoms with E-state index >= 15 is 0 Å². The topological polar surface area (TPSA) is 43.8 Å². The van der Waals surface area contributed by atoms with Crippen molar-refractivity contribution >= 4 is 0 Å². The van der Waals surface area contributed by atoms with Gasteiger partial charge in [-0.3, -0.25) is 0 Å². The Morgan fingerprint density at radius 1 is 1.28 bits per heavy atom. The molecule has 0 amide bonds.